The van der Waals surface area contributed by atoms with E-state index in [0.717, 1.165) is 36.0 Å². The molecule has 3 rings (SSSR count). The SMILES string of the molecule is CC1(Nc2ccc(Nc3ccccc3)cc2N)COC1. The predicted molar refractivity (Wildman–Crippen MR) is 83.4 cm³/mol. The fraction of sp³-hybridized carbons (Fsp3) is 0.250. The number of nitrogens with two attached hydrogens (primary N) is 1. The number of anilines is 4. The van der Waals surface area contributed by atoms with Crippen molar-refractivity contribution in [3.63, 3.8) is 0 Å². The normalized spacial score (nSPS) is 16.2. The average Bonchev–Trinajstić information content (AvgIpc) is 2.41. The van der Waals surface area contributed by atoms with Gasteiger partial charge in [0.15, 0.2) is 0 Å². The first kappa shape index (κ1) is 12.8. The van der Waals surface area contributed by atoms with Crippen LogP contribution in [0.3, 0.4) is 0 Å². The molecule has 0 saturated carbocycles. The summed E-state index contributed by atoms with van der Waals surface area (Å²) < 4.78 is 5.24. The number of rotatable bonds is 4. The van der Waals surface area contributed by atoms with E-state index in [2.05, 4.69) is 17.6 Å². The molecule has 0 unspecified atom stereocenters. The van der Waals surface area contributed by atoms with E-state index in [9.17, 15) is 0 Å². The second-order valence-electron chi connectivity index (χ2n) is 5.47. The zero-order chi connectivity index (χ0) is 14.0. The number of benzene rings is 2. The highest BCUT2D eigenvalue weighted by molar-refractivity contribution is 5.74. The molecule has 0 atom stereocenters. The molecule has 0 radical (unpaired) electrons. The molecule has 2 aromatic carbocycles. The minimum absolute atomic E-state index is 0.00248. The summed E-state index contributed by atoms with van der Waals surface area (Å²) in [4.78, 5) is 0. The fourth-order valence-corrected chi connectivity index (χ4v) is 2.25. The first-order valence-corrected chi connectivity index (χ1v) is 6.72. The molecule has 1 aliphatic rings. The molecule has 0 spiro atoms. The molecule has 4 nitrogen and oxygen atoms in total. The van der Waals surface area contributed by atoms with Gasteiger partial charge in [0.1, 0.15) is 0 Å². The molecule has 0 bridgehead atoms. The van der Waals surface area contributed by atoms with Gasteiger partial charge in [-0.3, -0.25) is 0 Å². The average molecular weight is 269 g/mol. The van der Waals surface area contributed by atoms with Crippen LogP contribution >= 0.6 is 0 Å². The summed E-state index contributed by atoms with van der Waals surface area (Å²) in [5, 5.41) is 6.77. The van der Waals surface area contributed by atoms with Gasteiger partial charge in [0.05, 0.1) is 30.1 Å². The Morgan fingerprint density at radius 1 is 1.05 bits per heavy atom. The fourth-order valence-electron chi connectivity index (χ4n) is 2.25. The lowest BCUT2D eigenvalue weighted by Crippen LogP contribution is -2.53. The third-order valence-corrected chi connectivity index (χ3v) is 3.39. The van der Waals surface area contributed by atoms with Gasteiger partial charge in [0, 0.05) is 11.4 Å². The minimum Gasteiger partial charge on any atom is -0.397 e. The molecule has 2 aromatic rings. The van der Waals surface area contributed by atoms with Crippen molar-refractivity contribution in [1.82, 2.24) is 0 Å². The van der Waals surface area contributed by atoms with Gasteiger partial charge in [0.2, 0.25) is 0 Å². The molecule has 0 aromatic heterocycles. The molecule has 4 N–H and O–H groups in total. The van der Waals surface area contributed by atoms with Crippen LogP contribution in [0.4, 0.5) is 22.7 Å². The van der Waals surface area contributed by atoms with E-state index in [1.807, 2.05) is 48.5 Å². The van der Waals surface area contributed by atoms with E-state index in [0.29, 0.717) is 0 Å². The number of hydrogen-bond acceptors (Lipinski definition) is 4. The van der Waals surface area contributed by atoms with Crippen molar-refractivity contribution in [1.29, 1.82) is 0 Å². The standard InChI is InChI=1S/C16H19N3O/c1-16(10-20-11-16)19-15-8-7-13(9-14(15)17)18-12-5-3-2-4-6-12/h2-9,18-19H,10-11,17H2,1H3. The first-order valence-electron chi connectivity index (χ1n) is 6.72. The van der Waals surface area contributed by atoms with E-state index in [4.69, 9.17) is 10.5 Å². The summed E-state index contributed by atoms with van der Waals surface area (Å²) in [5.41, 5.74) is 9.84. The molecule has 0 aliphatic carbocycles. The van der Waals surface area contributed by atoms with Crippen LogP contribution < -0.4 is 16.4 Å². The quantitative estimate of drug-likeness (QED) is 0.746. The van der Waals surface area contributed by atoms with Gasteiger partial charge in [0.25, 0.3) is 0 Å². The number of hydrogen-bond donors (Lipinski definition) is 3. The van der Waals surface area contributed by atoms with E-state index >= 15 is 0 Å². The van der Waals surface area contributed by atoms with Gasteiger partial charge in [-0.1, -0.05) is 18.2 Å². The maximum absolute atomic E-state index is 6.12. The van der Waals surface area contributed by atoms with Crippen molar-refractivity contribution in [2.45, 2.75) is 12.5 Å². The van der Waals surface area contributed by atoms with Crippen LogP contribution in [0.1, 0.15) is 6.92 Å². The summed E-state index contributed by atoms with van der Waals surface area (Å²) in [6.07, 6.45) is 0. The van der Waals surface area contributed by atoms with Crippen LogP contribution in [-0.4, -0.2) is 18.8 Å². The number of para-hydroxylation sites is 1. The minimum atomic E-state index is 0.00248. The summed E-state index contributed by atoms with van der Waals surface area (Å²) in [6, 6.07) is 16.0. The van der Waals surface area contributed by atoms with Crippen molar-refractivity contribution < 1.29 is 4.74 Å². The van der Waals surface area contributed by atoms with Crippen molar-refractivity contribution in [2.24, 2.45) is 0 Å². The van der Waals surface area contributed by atoms with E-state index in [-0.39, 0.29) is 5.54 Å². The summed E-state index contributed by atoms with van der Waals surface area (Å²) in [6.45, 7) is 3.57. The summed E-state index contributed by atoms with van der Waals surface area (Å²) in [5.74, 6) is 0. The maximum atomic E-state index is 6.12. The molecule has 4 heteroatoms. The van der Waals surface area contributed by atoms with Crippen LogP contribution in [0.15, 0.2) is 48.5 Å². The lowest BCUT2D eigenvalue weighted by molar-refractivity contribution is -0.0317. The Labute approximate surface area is 118 Å². The van der Waals surface area contributed by atoms with Gasteiger partial charge in [-0.05, 0) is 37.3 Å². The lowest BCUT2D eigenvalue weighted by atomic mass is 10.00. The highest BCUT2D eigenvalue weighted by Gasteiger charge is 2.33. The molecular weight excluding hydrogens is 250 g/mol. The molecule has 1 fully saturated rings. The van der Waals surface area contributed by atoms with Crippen LogP contribution in [-0.2, 0) is 4.74 Å². The van der Waals surface area contributed by atoms with Gasteiger partial charge in [-0.2, -0.15) is 0 Å². The third-order valence-electron chi connectivity index (χ3n) is 3.39. The highest BCUT2D eigenvalue weighted by Crippen LogP contribution is 2.29. The lowest BCUT2D eigenvalue weighted by Gasteiger charge is -2.39. The van der Waals surface area contributed by atoms with Crippen molar-refractivity contribution in [2.75, 3.05) is 29.6 Å². The number of nitrogen functional groups attached to an aromatic ring is 1. The van der Waals surface area contributed by atoms with Crippen molar-refractivity contribution >= 4 is 22.7 Å². The second kappa shape index (κ2) is 5.06. The van der Waals surface area contributed by atoms with Crippen LogP contribution in [0.5, 0.6) is 0 Å². The molecule has 1 saturated heterocycles. The van der Waals surface area contributed by atoms with E-state index in [1.165, 1.54) is 0 Å². The van der Waals surface area contributed by atoms with Gasteiger partial charge in [-0.15, -0.1) is 0 Å². The topological polar surface area (TPSA) is 59.3 Å². The molecular formula is C16H19N3O. The highest BCUT2D eigenvalue weighted by atomic mass is 16.5. The zero-order valence-electron chi connectivity index (χ0n) is 11.5. The number of ether oxygens (including phenoxy) is 1. The van der Waals surface area contributed by atoms with Crippen LogP contribution in [0.25, 0.3) is 0 Å². The molecule has 1 aliphatic heterocycles. The van der Waals surface area contributed by atoms with Gasteiger partial charge >= 0.3 is 0 Å². The summed E-state index contributed by atoms with van der Waals surface area (Å²) in [7, 11) is 0. The Balaban J connectivity index is 1.74. The maximum Gasteiger partial charge on any atom is 0.0812 e. The molecule has 104 valence electrons. The molecule has 0 amide bonds. The predicted octanol–water partition coefficient (Wildman–Crippen LogP) is 3.21. The van der Waals surface area contributed by atoms with Crippen molar-refractivity contribution in [3.05, 3.63) is 48.5 Å². The molecule has 20 heavy (non-hydrogen) atoms. The Morgan fingerprint density at radius 2 is 1.80 bits per heavy atom. The smallest absolute Gasteiger partial charge is 0.0812 e. The van der Waals surface area contributed by atoms with Gasteiger partial charge < -0.3 is 21.1 Å². The Kier molecular flexibility index (Phi) is 3.24. The number of nitrogens with one attached hydrogen (secondary N) is 2. The van der Waals surface area contributed by atoms with Gasteiger partial charge in [-0.25, -0.2) is 0 Å². The monoisotopic (exact) mass is 269 g/mol. The largest absolute Gasteiger partial charge is 0.397 e. The summed E-state index contributed by atoms with van der Waals surface area (Å²) >= 11 is 0. The van der Waals surface area contributed by atoms with E-state index in [1.54, 1.807) is 0 Å². The van der Waals surface area contributed by atoms with E-state index < -0.39 is 0 Å². The van der Waals surface area contributed by atoms with Crippen molar-refractivity contribution in [3.8, 4) is 0 Å². The zero-order valence-corrected chi connectivity index (χ0v) is 11.5. The first-order chi connectivity index (χ1) is 9.65. The molecule has 1 heterocycles. The Bertz CT molecular complexity index is 594. The van der Waals surface area contributed by atoms with Crippen LogP contribution in [0.2, 0.25) is 0 Å². The third kappa shape index (κ3) is 2.70. The Hall–Kier alpha value is -2.20. The second-order valence-corrected chi connectivity index (χ2v) is 5.47. The Morgan fingerprint density at radius 3 is 2.40 bits per heavy atom. The van der Waals surface area contributed by atoms with Crippen LogP contribution in [0, 0.1) is 0 Å².